The minimum Gasteiger partial charge on any atom is -0.493 e. The van der Waals surface area contributed by atoms with Gasteiger partial charge in [-0.25, -0.2) is 0 Å². The van der Waals surface area contributed by atoms with E-state index >= 15 is 0 Å². The summed E-state index contributed by atoms with van der Waals surface area (Å²) in [6.07, 6.45) is 0.180. The molecule has 2 aromatic carbocycles. The molecule has 1 unspecified atom stereocenters. The van der Waals surface area contributed by atoms with Gasteiger partial charge < -0.3 is 24.4 Å². The predicted molar refractivity (Wildman–Crippen MR) is 110 cm³/mol. The normalized spacial score (nSPS) is 16.2. The van der Waals surface area contributed by atoms with Gasteiger partial charge in [0.15, 0.2) is 11.5 Å². The number of morpholine rings is 1. The monoisotopic (exact) mass is 398 g/mol. The molecule has 7 nitrogen and oxygen atoms in total. The van der Waals surface area contributed by atoms with Crippen LogP contribution in [0.1, 0.15) is 22.8 Å². The van der Waals surface area contributed by atoms with Crippen molar-refractivity contribution < 1.29 is 23.8 Å². The molecule has 29 heavy (non-hydrogen) atoms. The first-order valence-corrected chi connectivity index (χ1v) is 9.51. The molecule has 1 aliphatic heterocycles. The van der Waals surface area contributed by atoms with Crippen LogP contribution < -0.4 is 14.8 Å². The molecular formula is C22H26N2O5. The summed E-state index contributed by atoms with van der Waals surface area (Å²) in [4.78, 5) is 27.1. The topological polar surface area (TPSA) is 77.1 Å². The Hall–Kier alpha value is -3.06. The van der Waals surface area contributed by atoms with Crippen LogP contribution in [0.3, 0.4) is 0 Å². The molecule has 0 bridgehead atoms. The van der Waals surface area contributed by atoms with Crippen molar-refractivity contribution in [2.45, 2.75) is 19.4 Å². The van der Waals surface area contributed by atoms with Crippen LogP contribution in [0.2, 0.25) is 0 Å². The Labute approximate surface area is 170 Å². The SMILES string of the molecule is COc1ccc(CC(=O)Nc2cccc(C(=O)N3CCOCC3C)c2)cc1OC. The lowest BCUT2D eigenvalue weighted by Gasteiger charge is -2.33. The van der Waals surface area contributed by atoms with Crippen LogP contribution in [0, 0.1) is 0 Å². The lowest BCUT2D eigenvalue weighted by atomic mass is 10.1. The van der Waals surface area contributed by atoms with Crippen molar-refractivity contribution in [1.29, 1.82) is 0 Å². The highest BCUT2D eigenvalue weighted by atomic mass is 16.5. The van der Waals surface area contributed by atoms with Gasteiger partial charge in [-0.3, -0.25) is 9.59 Å². The van der Waals surface area contributed by atoms with E-state index in [1.807, 2.05) is 13.0 Å². The zero-order valence-electron chi connectivity index (χ0n) is 16.9. The second-order valence-electron chi connectivity index (χ2n) is 6.92. The molecule has 0 aromatic heterocycles. The van der Waals surface area contributed by atoms with Crippen molar-refractivity contribution >= 4 is 17.5 Å². The minimum absolute atomic E-state index is 0.0274. The summed E-state index contributed by atoms with van der Waals surface area (Å²) in [5.74, 6) is 0.948. The Morgan fingerprint density at radius 3 is 2.66 bits per heavy atom. The minimum atomic E-state index is -0.179. The highest BCUT2D eigenvalue weighted by Gasteiger charge is 2.24. The van der Waals surface area contributed by atoms with E-state index in [1.54, 1.807) is 55.5 Å². The number of amides is 2. The lowest BCUT2D eigenvalue weighted by Crippen LogP contribution is -2.47. The Balaban J connectivity index is 1.67. The van der Waals surface area contributed by atoms with Gasteiger partial charge in [-0.05, 0) is 42.8 Å². The first kappa shape index (κ1) is 20.7. The largest absolute Gasteiger partial charge is 0.493 e. The Bertz CT molecular complexity index is 883. The number of carbonyl (C=O) groups is 2. The van der Waals surface area contributed by atoms with Gasteiger partial charge in [0.25, 0.3) is 5.91 Å². The van der Waals surface area contributed by atoms with Crippen molar-refractivity contribution in [3.8, 4) is 11.5 Å². The van der Waals surface area contributed by atoms with Gasteiger partial charge in [0, 0.05) is 17.8 Å². The van der Waals surface area contributed by atoms with Crippen molar-refractivity contribution in [2.75, 3.05) is 39.3 Å². The first-order chi connectivity index (χ1) is 14.0. The van der Waals surface area contributed by atoms with E-state index in [0.717, 1.165) is 5.56 Å². The van der Waals surface area contributed by atoms with Crippen molar-refractivity contribution in [3.63, 3.8) is 0 Å². The first-order valence-electron chi connectivity index (χ1n) is 9.51. The summed E-state index contributed by atoms with van der Waals surface area (Å²) in [6, 6.07) is 12.4. The molecule has 0 radical (unpaired) electrons. The van der Waals surface area contributed by atoms with Gasteiger partial charge in [0.2, 0.25) is 5.91 Å². The van der Waals surface area contributed by atoms with E-state index in [0.29, 0.717) is 42.5 Å². The Morgan fingerprint density at radius 2 is 1.93 bits per heavy atom. The average Bonchev–Trinajstić information content (AvgIpc) is 2.73. The summed E-state index contributed by atoms with van der Waals surface area (Å²) in [7, 11) is 3.12. The Morgan fingerprint density at radius 1 is 1.14 bits per heavy atom. The van der Waals surface area contributed by atoms with E-state index in [-0.39, 0.29) is 24.3 Å². The Kier molecular flexibility index (Phi) is 6.72. The van der Waals surface area contributed by atoms with E-state index in [2.05, 4.69) is 5.32 Å². The van der Waals surface area contributed by atoms with Gasteiger partial charge in [-0.1, -0.05) is 12.1 Å². The van der Waals surface area contributed by atoms with Crippen LogP contribution >= 0.6 is 0 Å². The lowest BCUT2D eigenvalue weighted by molar-refractivity contribution is -0.115. The number of carbonyl (C=O) groups excluding carboxylic acids is 2. The molecule has 154 valence electrons. The van der Waals surface area contributed by atoms with E-state index < -0.39 is 0 Å². The molecule has 0 aliphatic carbocycles. The standard InChI is InChI=1S/C22H26N2O5/c1-15-14-29-10-9-24(15)22(26)17-5-4-6-18(13-17)23-21(25)12-16-7-8-19(27-2)20(11-16)28-3/h4-8,11,13,15H,9-10,12,14H2,1-3H3,(H,23,25). The van der Waals surface area contributed by atoms with Crippen LogP contribution in [0.5, 0.6) is 11.5 Å². The highest BCUT2D eigenvalue weighted by molar-refractivity contribution is 5.97. The molecule has 2 amide bonds. The van der Waals surface area contributed by atoms with Crippen LogP contribution in [0.15, 0.2) is 42.5 Å². The van der Waals surface area contributed by atoms with Crippen LogP contribution in [-0.4, -0.2) is 56.7 Å². The predicted octanol–water partition coefficient (Wildman–Crippen LogP) is 2.75. The molecule has 2 aromatic rings. The van der Waals surface area contributed by atoms with Crippen molar-refractivity contribution in [2.24, 2.45) is 0 Å². The number of benzene rings is 2. The molecule has 1 fully saturated rings. The smallest absolute Gasteiger partial charge is 0.254 e. The molecular weight excluding hydrogens is 372 g/mol. The second-order valence-corrected chi connectivity index (χ2v) is 6.92. The number of hydrogen-bond donors (Lipinski definition) is 1. The third-order valence-electron chi connectivity index (χ3n) is 4.83. The summed E-state index contributed by atoms with van der Waals surface area (Å²) in [6.45, 7) is 3.60. The molecule has 7 heteroatoms. The van der Waals surface area contributed by atoms with Crippen molar-refractivity contribution in [1.82, 2.24) is 4.90 Å². The molecule has 1 aliphatic rings. The number of nitrogens with zero attached hydrogens (tertiary/aromatic N) is 1. The number of hydrogen-bond acceptors (Lipinski definition) is 5. The molecule has 3 rings (SSSR count). The van der Waals surface area contributed by atoms with Gasteiger partial charge in [-0.15, -0.1) is 0 Å². The number of ether oxygens (including phenoxy) is 3. The van der Waals surface area contributed by atoms with Crippen LogP contribution in [0.4, 0.5) is 5.69 Å². The third-order valence-corrected chi connectivity index (χ3v) is 4.83. The van der Waals surface area contributed by atoms with Crippen LogP contribution in [0.25, 0.3) is 0 Å². The summed E-state index contributed by atoms with van der Waals surface area (Å²) in [5, 5.41) is 2.86. The van der Waals surface area contributed by atoms with Gasteiger partial charge in [0.1, 0.15) is 0 Å². The zero-order valence-corrected chi connectivity index (χ0v) is 16.9. The molecule has 0 spiro atoms. The number of rotatable bonds is 6. The fourth-order valence-electron chi connectivity index (χ4n) is 3.31. The fourth-order valence-corrected chi connectivity index (χ4v) is 3.31. The molecule has 1 atom stereocenters. The van der Waals surface area contributed by atoms with Gasteiger partial charge in [-0.2, -0.15) is 0 Å². The summed E-state index contributed by atoms with van der Waals surface area (Å²) in [5.41, 5.74) is 1.93. The summed E-state index contributed by atoms with van der Waals surface area (Å²) >= 11 is 0. The van der Waals surface area contributed by atoms with E-state index in [1.165, 1.54) is 0 Å². The van der Waals surface area contributed by atoms with Gasteiger partial charge in [0.05, 0.1) is 39.9 Å². The van der Waals surface area contributed by atoms with Crippen molar-refractivity contribution in [3.05, 3.63) is 53.6 Å². The van der Waals surface area contributed by atoms with E-state index in [4.69, 9.17) is 14.2 Å². The maximum Gasteiger partial charge on any atom is 0.254 e. The molecule has 1 heterocycles. The maximum absolute atomic E-state index is 12.8. The quantitative estimate of drug-likeness (QED) is 0.810. The fraction of sp³-hybridized carbons (Fsp3) is 0.364. The number of methoxy groups -OCH3 is 2. The number of anilines is 1. The zero-order chi connectivity index (χ0) is 20.8. The average molecular weight is 398 g/mol. The van der Waals surface area contributed by atoms with E-state index in [9.17, 15) is 9.59 Å². The van der Waals surface area contributed by atoms with Gasteiger partial charge >= 0.3 is 0 Å². The molecule has 0 saturated carbocycles. The molecule has 1 saturated heterocycles. The second kappa shape index (κ2) is 9.43. The summed E-state index contributed by atoms with van der Waals surface area (Å²) < 4.78 is 15.9. The van der Waals surface area contributed by atoms with Crippen LogP contribution in [-0.2, 0) is 16.0 Å². The highest BCUT2D eigenvalue weighted by Crippen LogP contribution is 2.27. The third kappa shape index (κ3) is 5.06. The maximum atomic E-state index is 12.8. The molecule has 1 N–H and O–H groups in total. The number of nitrogens with one attached hydrogen (secondary N) is 1.